The Labute approximate surface area is 103 Å². The van der Waals surface area contributed by atoms with Crippen molar-refractivity contribution in [3.63, 3.8) is 0 Å². The molecule has 0 heterocycles. The minimum absolute atomic E-state index is 0.382. The maximum Gasteiger partial charge on any atom is 0.305 e. The molecule has 0 saturated heterocycles. The third kappa shape index (κ3) is 4.08. The average Bonchev–Trinajstić information content (AvgIpc) is 2.28. The molecule has 1 atom stereocenters. The first-order chi connectivity index (χ1) is 8.04. The van der Waals surface area contributed by atoms with Crippen LogP contribution in [0.25, 0.3) is 0 Å². The second-order valence-corrected chi connectivity index (χ2v) is 4.24. The van der Waals surface area contributed by atoms with E-state index in [0.29, 0.717) is 5.69 Å². The van der Waals surface area contributed by atoms with Gasteiger partial charge in [-0.2, -0.15) is 0 Å². The van der Waals surface area contributed by atoms with Crippen molar-refractivity contribution in [1.29, 1.82) is 0 Å². The van der Waals surface area contributed by atoms with Gasteiger partial charge in [0.05, 0.1) is 18.2 Å². The summed E-state index contributed by atoms with van der Waals surface area (Å²) in [4.78, 5) is 22.9. The van der Waals surface area contributed by atoms with Gasteiger partial charge in [-0.25, -0.2) is 0 Å². The van der Waals surface area contributed by atoms with E-state index in [2.05, 4.69) is 5.32 Å². The van der Waals surface area contributed by atoms with E-state index < -0.39 is 17.9 Å². The van der Waals surface area contributed by atoms with Crippen molar-refractivity contribution in [3.05, 3.63) is 24.3 Å². The van der Waals surface area contributed by atoms with Gasteiger partial charge < -0.3 is 16.2 Å². The number of carboxylic acid groups (broad SMARTS) is 1. The molecule has 17 heavy (non-hydrogen) atoms. The Bertz CT molecular complexity index is 423. The molecule has 1 rings (SSSR count). The molecule has 4 N–H and O–H groups in total. The van der Waals surface area contributed by atoms with Gasteiger partial charge in [0, 0.05) is 4.90 Å². The molecule has 1 aromatic carbocycles. The zero-order valence-electron chi connectivity index (χ0n) is 9.34. The zero-order valence-corrected chi connectivity index (χ0v) is 10.2. The largest absolute Gasteiger partial charge is 0.481 e. The van der Waals surface area contributed by atoms with Crippen LogP contribution in [-0.2, 0) is 9.59 Å². The van der Waals surface area contributed by atoms with Gasteiger partial charge in [-0.1, -0.05) is 12.1 Å². The van der Waals surface area contributed by atoms with E-state index in [1.54, 1.807) is 12.1 Å². The summed E-state index contributed by atoms with van der Waals surface area (Å²) < 4.78 is 0. The molecule has 0 saturated carbocycles. The Morgan fingerprint density at radius 2 is 2.12 bits per heavy atom. The molecule has 0 aliphatic heterocycles. The highest BCUT2D eigenvalue weighted by atomic mass is 32.2. The Morgan fingerprint density at radius 1 is 1.47 bits per heavy atom. The summed E-state index contributed by atoms with van der Waals surface area (Å²) in [5, 5.41) is 11.2. The fourth-order valence-electron chi connectivity index (χ4n) is 1.25. The van der Waals surface area contributed by atoms with Crippen molar-refractivity contribution in [3.8, 4) is 0 Å². The van der Waals surface area contributed by atoms with Crippen molar-refractivity contribution in [2.75, 3.05) is 11.6 Å². The standard InChI is InChI=1S/C11H14N2O3S/c1-17-9-5-3-2-4-8(9)13-11(16)7(12)6-10(14)15/h2-5,7H,6,12H2,1H3,(H,13,16)(H,14,15). The van der Waals surface area contributed by atoms with Crippen molar-refractivity contribution >= 4 is 29.3 Å². The molecule has 1 unspecified atom stereocenters. The summed E-state index contributed by atoms with van der Waals surface area (Å²) in [5.74, 6) is -1.58. The Hall–Kier alpha value is -1.53. The molecule has 6 heteroatoms. The zero-order chi connectivity index (χ0) is 12.8. The van der Waals surface area contributed by atoms with E-state index in [-0.39, 0.29) is 6.42 Å². The summed E-state index contributed by atoms with van der Waals surface area (Å²) in [6.45, 7) is 0. The van der Waals surface area contributed by atoms with Crippen LogP contribution >= 0.6 is 11.8 Å². The lowest BCUT2D eigenvalue weighted by Crippen LogP contribution is -2.37. The molecule has 0 spiro atoms. The minimum Gasteiger partial charge on any atom is -0.481 e. The maximum atomic E-state index is 11.6. The van der Waals surface area contributed by atoms with E-state index in [1.165, 1.54) is 11.8 Å². The number of nitrogens with one attached hydrogen (secondary N) is 1. The van der Waals surface area contributed by atoms with Crippen molar-refractivity contribution in [2.45, 2.75) is 17.4 Å². The maximum absolute atomic E-state index is 11.6. The Kier molecular flexibility index (Phi) is 4.99. The third-order valence-corrected chi connectivity index (χ3v) is 2.89. The van der Waals surface area contributed by atoms with Gasteiger partial charge >= 0.3 is 5.97 Å². The number of hydrogen-bond donors (Lipinski definition) is 3. The number of hydrogen-bond acceptors (Lipinski definition) is 4. The van der Waals surface area contributed by atoms with E-state index in [9.17, 15) is 9.59 Å². The number of benzene rings is 1. The second-order valence-electron chi connectivity index (χ2n) is 3.39. The highest BCUT2D eigenvalue weighted by Crippen LogP contribution is 2.24. The molecule has 0 bridgehead atoms. The summed E-state index contributed by atoms with van der Waals surface area (Å²) in [5.41, 5.74) is 6.10. The lowest BCUT2D eigenvalue weighted by molar-refractivity contribution is -0.138. The topological polar surface area (TPSA) is 92.4 Å². The number of thioether (sulfide) groups is 1. The van der Waals surface area contributed by atoms with E-state index >= 15 is 0 Å². The number of carbonyl (C=O) groups excluding carboxylic acids is 1. The molecule has 0 aliphatic carbocycles. The molecule has 0 aliphatic rings. The van der Waals surface area contributed by atoms with E-state index in [0.717, 1.165) is 4.90 Å². The van der Waals surface area contributed by atoms with Gasteiger partial charge in [0.1, 0.15) is 0 Å². The molecular formula is C11H14N2O3S. The van der Waals surface area contributed by atoms with Crippen molar-refractivity contribution < 1.29 is 14.7 Å². The number of para-hydroxylation sites is 1. The second kappa shape index (κ2) is 6.27. The highest BCUT2D eigenvalue weighted by Gasteiger charge is 2.17. The molecule has 92 valence electrons. The van der Waals surface area contributed by atoms with Gasteiger partial charge in [0.25, 0.3) is 0 Å². The number of anilines is 1. The van der Waals surface area contributed by atoms with Crippen LogP contribution in [0.3, 0.4) is 0 Å². The predicted octanol–water partition coefficient (Wildman–Crippen LogP) is 1.15. The molecule has 1 aromatic rings. The number of aliphatic carboxylic acids is 1. The van der Waals surface area contributed by atoms with Gasteiger partial charge in [0.2, 0.25) is 5.91 Å². The summed E-state index contributed by atoms with van der Waals surface area (Å²) in [6, 6.07) is 6.22. The van der Waals surface area contributed by atoms with Crippen LogP contribution in [0.15, 0.2) is 29.2 Å². The lowest BCUT2D eigenvalue weighted by Gasteiger charge is -2.12. The van der Waals surface area contributed by atoms with Crippen LogP contribution in [0.5, 0.6) is 0 Å². The normalized spacial score (nSPS) is 11.9. The molecule has 0 radical (unpaired) electrons. The van der Waals surface area contributed by atoms with Crippen LogP contribution in [0.4, 0.5) is 5.69 Å². The molecule has 0 fully saturated rings. The first-order valence-corrected chi connectivity index (χ1v) is 6.18. The number of nitrogens with two attached hydrogens (primary N) is 1. The Balaban J connectivity index is 2.70. The number of rotatable bonds is 5. The van der Waals surface area contributed by atoms with Gasteiger partial charge in [-0.05, 0) is 18.4 Å². The summed E-state index contributed by atoms with van der Waals surface area (Å²) in [6.07, 6.45) is 1.51. The summed E-state index contributed by atoms with van der Waals surface area (Å²) >= 11 is 1.49. The third-order valence-electron chi connectivity index (χ3n) is 2.10. The van der Waals surface area contributed by atoms with E-state index in [4.69, 9.17) is 10.8 Å². The molecule has 5 nitrogen and oxygen atoms in total. The average molecular weight is 254 g/mol. The molecule has 0 aromatic heterocycles. The van der Waals surface area contributed by atoms with Crippen LogP contribution in [0, 0.1) is 0 Å². The van der Waals surface area contributed by atoms with Crippen molar-refractivity contribution in [1.82, 2.24) is 0 Å². The molecule has 1 amide bonds. The quantitative estimate of drug-likeness (QED) is 0.685. The first-order valence-electron chi connectivity index (χ1n) is 4.96. The first kappa shape index (κ1) is 13.5. The smallest absolute Gasteiger partial charge is 0.305 e. The van der Waals surface area contributed by atoms with Crippen LogP contribution in [-0.4, -0.2) is 29.3 Å². The summed E-state index contributed by atoms with van der Waals surface area (Å²) in [7, 11) is 0. The lowest BCUT2D eigenvalue weighted by atomic mass is 10.2. The van der Waals surface area contributed by atoms with Crippen LogP contribution in [0.2, 0.25) is 0 Å². The minimum atomic E-state index is -1.09. The monoisotopic (exact) mass is 254 g/mol. The fraction of sp³-hybridized carbons (Fsp3) is 0.273. The van der Waals surface area contributed by atoms with Gasteiger partial charge in [-0.15, -0.1) is 11.8 Å². The number of amides is 1. The predicted molar refractivity (Wildman–Crippen MR) is 67.1 cm³/mol. The highest BCUT2D eigenvalue weighted by molar-refractivity contribution is 7.98. The SMILES string of the molecule is CSc1ccccc1NC(=O)C(N)CC(=O)O. The van der Waals surface area contributed by atoms with Gasteiger partial charge in [-0.3, -0.25) is 9.59 Å². The fourth-order valence-corrected chi connectivity index (χ4v) is 1.81. The van der Waals surface area contributed by atoms with E-state index in [1.807, 2.05) is 18.4 Å². The number of carboxylic acids is 1. The molecular weight excluding hydrogens is 240 g/mol. The van der Waals surface area contributed by atoms with Crippen LogP contribution < -0.4 is 11.1 Å². The van der Waals surface area contributed by atoms with Gasteiger partial charge in [0.15, 0.2) is 0 Å². The number of carbonyl (C=O) groups is 2. The van der Waals surface area contributed by atoms with Crippen LogP contribution in [0.1, 0.15) is 6.42 Å². The Morgan fingerprint density at radius 3 is 2.71 bits per heavy atom. The van der Waals surface area contributed by atoms with Crippen molar-refractivity contribution in [2.24, 2.45) is 5.73 Å².